The van der Waals surface area contributed by atoms with Gasteiger partial charge in [0.2, 0.25) is 0 Å². The van der Waals surface area contributed by atoms with Crippen molar-refractivity contribution in [2.45, 2.75) is 9.37 Å². The Bertz CT molecular complexity index is 725. The fraction of sp³-hybridized carbons (Fsp3) is 0. The zero-order chi connectivity index (χ0) is 12.5. The van der Waals surface area contributed by atoms with Crippen molar-refractivity contribution < 1.29 is 4.79 Å². The molecule has 3 rings (SSSR count). The standard InChI is InChI=1S/C9H4ClN5OS2/c10-6-4(1-16)17-9(15-6)18-8-5-7(12-2-11-5)13-3-14-8/h1-3H,(H,11,12,13,14). The minimum Gasteiger partial charge on any atom is -0.341 e. The van der Waals surface area contributed by atoms with Crippen molar-refractivity contribution in [2.24, 2.45) is 0 Å². The topological polar surface area (TPSA) is 84.4 Å². The van der Waals surface area contributed by atoms with Gasteiger partial charge in [0, 0.05) is 0 Å². The average molecular weight is 298 g/mol. The summed E-state index contributed by atoms with van der Waals surface area (Å²) >= 11 is 8.35. The summed E-state index contributed by atoms with van der Waals surface area (Å²) < 4.78 is 0.650. The fourth-order valence-electron chi connectivity index (χ4n) is 1.31. The van der Waals surface area contributed by atoms with Crippen molar-refractivity contribution in [1.29, 1.82) is 0 Å². The average Bonchev–Trinajstić information content (AvgIpc) is 2.96. The minimum absolute atomic E-state index is 0.215. The molecule has 0 aliphatic heterocycles. The second kappa shape index (κ2) is 4.63. The Balaban J connectivity index is 2.00. The van der Waals surface area contributed by atoms with E-state index in [9.17, 15) is 4.79 Å². The molecule has 3 aromatic rings. The lowest BCUT2D eigenvalue weighted by atomic mass is 10.6. The van der Waals surface area contributed by atoms with Crippen LogP contribution < -0.4 is 0 Å². The van der Waals surface area contributed by atoms with Crippen LogP contribution in [0.1, 0.15) is 9.67 Å². The summed E-state index contributed by atoms with van der Waals surface area (Å²) in [4.78, 5) is 30.4. The summed E-state index contributed by atoms with van der Waals surface area (Å²) in [5.41, 5.74) is 1.33. The molecule has 0 aliphatic rings. The number of fused-ring (bicyclic) bond motifs is 1. The summed E-state index contributed by atoms with van der Waals surface area (Å²) in [6.07, 6.45) is 3.67. The molecule has 0 saturated heterocycles. The monoisotopic (exact) mass is 297 g/mol. The molecule has 0 atom stereocenters. The number of thiazole rings is 1. The highest BCUT2D eigenvalue weighted by molar-refractivity contribution is 8.01. The maximum Gasteiger partial charge on any atom is 0.181 e. The molecule has 0 amide bonds. The van der Waals surface area contributed by atoms with Crippen LogP contribution in [0.4, 0.5) is 0 Å². The molecule has 0 unspecified atom stereocenters. The highest BCUT2D eigenvalue weighted by atomic mass is 35.5. The smallest absolute Gasteiger partial charge is 0.181 e. The van der Waals surface area contributed by atoms with Gasteiger partial charge in [-0.15, -0.1) is 11.3 Å². The predicted molar refractivity (Wildman–Crippen MR) is 68.3 cm³/mol. The number of H-pyrrole nitrogens is 1. The van der Waals surface area contributed by atoms with Crippen LogP contribution in [0, 0.1) is 0 Å². The lowest BCUT2D eigenvalue weighted by Crippen LogP contribution is -1.85. The molecule has 0 bridgehead atoms. The van der Waals surface area contributed by atoms with Crippen molar-refractivity contribution in [3.63, 3.8) is 0 Å². The van der Waals surface area contributed by atoms with Crippen LogP contribution >= 0.6 is 34.7 Å². The molecule has 0 aromatic carbocycles. The number of carbonyl (C=O) groups is 1. The molecule has 0 radical (unpaired) electrons. The highest BCUT2D eigenvalue weighted by Gasteiger charge is 2.13. The van der Waals surface area contributed by atoms with Gasteiger partial charge in [0.25, 0.3) is 0 Å². The highest BCUT2D eigenvalue weighted by Crippen LogP contribution is 2.34. The zero-order valence-corrected chi connectivity index (χ0v) is 11.0. The maximum atomic E-state index is 10.7. The van der Waals surface area contributed by atoms with Gasteiger partial charge in [-0.1, -0.05) is 11.6 Å². The van der Waals surface area contributed by atoms with Crippen molar-refractivity contribution in [2.75, 3.05) is 0 Å². The summed E-state index contributed by atoms with van der Waals surface area (Å²) in [6.45, 7) is 0. The van der Waals surface area contributed by atoms with Crippen LogP contribution in [0.2, 0.25) is 5.15 Å². The van der Waals surface area contributed by atoms with Gasteiger partial charge in [0.05, 0.1) is 6.33 Å². The summed E-state index contributed by atoms with van der Waals surface area (Å²) in [5.74, 6) is 0. The number of halogens is 1. The Kier molecular flexibility index (Phi) is 2.98. The minimum atomic E-state index is 0.215. The van der Waals surface area contributed by atoms with E-state index in [-0.39, 0.29) is 5.15 Å². The quantitative estimate of drug-likeness (QED) is 0.590. The number of nitrogens with one attached hydrogen (secondary N) is 1. The Hall–Kier alpha value is -1.51. The van der Waals surface area contributed by atoms with E-state index in [1.54, 1.807) is 6.33 Å². The lowest BCUT2D eigenvalue weighted by molar-refractivity contribution is 0.112. The molecule has 3 aromatic heterocycles. The molecule has 3 heterocycles. The number of aldehydes is 1. The van der Waals surface area contributed by atoms with Crippen LogP contribution in [-0.2, 0) is 0 Å². The molecular weight excluding hydrogens is 294 g/mol. The third-order valence-corrected chi connectivity index (χ3v) is 4.51. The molecule has 0 saturated carbocycles. The largest absolute Gasteiger partial charge is 0.341 e. The van der Waals surface area contributed by atoms with Crippen molar-refractivity contribution in [3.05, 3.63) is 22.7 Å². The van der Waals surface area contributed by atoms with Crippen LogP contribution in [0.25, 0.3) is 11.2 Å². The number of carbonyl (C=O) groups excluding carboxylic acids is 1. The first-order valence-corrected chi connectivity index (χ1v) is 6.72. The molecule has 9 heteroatoms. The predicted octanol–water partition coefficient (Wildman–Crippen LogP) is 2.43. The Morgan fingerprint density at radius 3 is 3.06 bits per heavy atom. The number of aromatic amines is 1. The first kappa shape index (κ1) is 11.6. The molecule has 1 N–H and O–H groups in total. The summed E-state index contributed by atoms with van der Waals surface area (Å²) in [7, 11) is 0. The van der Waals surface area contributed by atoms with E-state index in [1.807, 2.05) is 0 Å². The third-order valence-electron chi connectivity index (χ3n) is 2.07. The van der Waals surface area contributed by atoms with Gasteiger partial charge in [-0.25, -0.2) is 19.9 Å². The van der Waals surface area contributed by atoms with Gasteiger partial charge >= 0.3 is 0 Å². The van der Waals surface area contributed by atoms with E-state index in [0.717, 1.165) is 5.52 Å². The van der Waals surface area contributed by atoms with Crippen molar-refractivity contribution in [3.8, 4) is 0 Å². The summed E-state index contributed by atoms with van der Waals surface area (Å²) in [6, 6.07) is 0. The van der Waals surface area contributed by atoms with E-state index in [4.69, 9.17) is 11.6 Å². The number of aromatic nitrogens is 5. The molecular formula is C9H4ClN5OS2. The zero-order valence-electron chi connectivity index (χ0n) is 8.62. The van der Waals surface area contributed by atoms with Crippen molar-refractivity contribution in [1.82, 2.24) is 24.9 Å². The summed E-state index contributed by atoms with van der Waals surface area (Å²) in [5, 5.41) is 0.910. The number of imidazole rings is 1. The number of hydrogen-bond donors (Lipinski definition) is 1. The van der Waals surface area contributed by atoms with Gasteiger partial charge < -0.3 is 4.98 Å². The first-order chi connectivity index (χ1) is 8.78. The normalized spacial score (nSPS) is 10.9. The fourth-order valence-corrected chi connectivity index (χ4v) is 3.49. The van der Waals surface area contributed by atoms with Gasteiger partial charge in [-0.2, -0.15) is 0 Å². The lowest BCUT2D eigenvalue weighted by Gasteiger charge is -1.96. The van der Waals surface area contributed by atoms with Crippen LogP contribution in [0.5, 0.6) is 0 Å². The molecule has 0 aliphatic carbocycles. The van der Waals surface area contributed by atoms with Crippen molar-refractivity contribution >= 4 is 52.1 Å². The van der Waals surface area contributed by atoms with Crippen LogP contribution in [-0.4, -0.2) is 31.2 Å². The van der Waals surface area contributed by atoms with E-state index in [1.165, 1.54) is 29.4 Å². The van der Waals surface area contributed by atoms with Gasteiger partial charge in [0.1, 0.15) is 21.7 Å². The molecule has 18 heavy (non-hydrogen) atoms. The Morgan fingerprint density at radius 2 is 2.28 bits per heavy atom. The molecule has 90 valence electrons. The number of hydrogen-bond acceptors (Lipinski definition) is 7. The Morgan fingerprint density at radius 1 is 1.39 bits per heavy atom. The molecule has 0 fully saturated rings. The number of nitrogens with zero attached hydrogens (tertiary/aromatic N) is 4. The second-order valence-electron chi connectivity index (χ2n) is 3.13. The Labute approximate surface area is 114 Å². The van der Waals surface area contributed by atoms with E-state index in [0.29, 0.717) is 26.2 Å². The van der Waals surface area contributed by atoms with Crippen LogP contribution in [0.15, 0.2) is 22.0 Å². The maximum absolute atomic E-state index is 10.7. The van der Waals surface area contributed by atoms with Gasteiger partial charge in [-0.3, -0.25) is 4.79 Å². The van der Waals surface area contributed by atoms with E-state index in [2.05, 4.69) is 24.9 Å². The molecule has 0 spiro atoms. The van der Waals surface area contributed by atoms with Gasteiger partial charge in [-0.05, 0) is 11.8 Å². The van der Waals surface area contributed by atoms with E-state index >= 15 is 0 Å². The third kappa shape index (κ3) is 1.98. The van der Waals surface area contributed by atoms with Crippen LogP contribution in [0.3, 0.4) is 0 Å². The molecule has 6 nitrogen and oxygen atoms in total. The first-order valence-electron chi connectivity index (χ1n) is 4.71. The van der Waals surface area contributed by atoms with E-state index < -0.39 is 0 Å². The van der Waals surface area contributed by atoms with Gasteiger partial charge in [0.15, 0.2) is 21.4 Å². The SMILES string of the molecule is O=Cc1sc(Sc2ncnc3nc[nH]c23)nc1Cl. The second-order valence-corrected chi connectivity index (χ2v) is 5.76. The number of rotatable bonds is 3.